The Bertz CT molecular complexity index is 403. The van der Waals surface area contributed by atoms with Crippen molar-refractivity contribution in [3.8, 4) is 0 Å². The summed E-state index contributed by atoms with van der Waals surface area (Å²) in [4.78, 5) is 0. The van der Waals surface area contributed by atoms with Crippen LogP contribution in [-0.2, 0) is 0 Å². The van der Waals surface area contributed by atoms with Crippen molar-refractivity contribution in [2.45, 2.75) is 102 Å². The molecule has 0 amide bonds. The molecule has 5 fully saturated rings. The van der Waals surface area contributed by atoms with Gasteiger partial charge in [-0.05, 0) is 96.8 Å². The number of piperidine rings is 1. The number of hydrogen-bond acceptors (Lipinski definition) is 3. The van der Waals surface area contributed by atoms with E-state index >= 15 is 0 Å². The SMILES string of the molecule is CC1(C)CC(NC23CC4CC(CC(C4)C2)C3)CC(C)(C)N1O. The minimum absolute atomic E-state index is 0.137. The molecule has 1 heterocycles. The number of hydrogen-bond donors (Lipinski definition) is 2. The first-order valence-electron chi connectivity index (χ1n) is 9.44. The van der Waals surface area contributed by atoms with E-state index in [-0.39, 0.29) is 11.1 Å². The molecule has 22 heavy (non-hydrogen) atoms. The van der Waals surface area contributed by atoms with Gasteiger partial charge in [0.2, 0.25) is 0 Å². The molecule has 5 rings (SSSR count). The first-order chi connectivity index (χ1) is 10.2. The Hall–Kier alpha value is -0.120. The summed E-state index contributed by atoms with van der Waals surface area (Å²) in [5, 5.41) is 16.3. The molecule has 3 nitrogen and oxygen atoms in total. The predicted octanol–water partition coefficient (Wildman–Crippen LogP) is 3.96. The van der Waals surface area contributed by atoms with Crippen LogP contribution in [0.15, 0.2) is 0 Å². The number of nitrogens with one attached hydrogen (secondary N) is 1. The van der Waals surface area contributed by atoms with Gasteiger partial charge in [-0.2, -0.15) is 5.06 Å². The molecule has 1 saturated heterocycles. The minimum atomic E-state index is -0.137. The van der Waals surface area contributed by atoms with Gasteiger partial charge in [-0.15, -0.1) is 0 Å². The van der Waals surface area contributed by atoms with E-state index in [1.807, 2.05) is 0 Å². The van der Waals surface area contributed by atoms with Crippen molar-refractivity contribution >= 4 is 0 Å². The second-order valence-electron chi connectivity index (χ2n) is 10.4. The molecule has 0 aromatic carbocycles. The third kappa shape index (κ3) is 2.44. The molecule has 4 saturated carbocycles. The van der Waals surface area contributed by atoms with Gasteiger partial charge in [0, 0.05) is 22.7 Å². The van der Waals surface area contributed by atoms with Gasteiger partial charge in [0.1, 0.15) is 0 Å². The van der Waals surface area contributed by atoms with Gasteiger partial charge in [0.15, 0.2) is 0 Å². The molecule has 4 bridgehead atoms. The zero-order valence-electron chi connectivity index (χ0n) is 14.9. The van der Waals surface area contributed by atoms with Crippen LogP contribution in [0.4, 0.5) is 0 Å². The number of nitrogens with zero attached hydrogens (tertiary/aromatic N) is 1. The summed E-state index contributed by atoms with van der Waals surface area (Å²) in [6, 6.07) is 0.546. The van der Waals surface area contributed by atoms with Crippen molar-refractivity contribution in [1.29, 1.82) is 0 Å². The van der Waals surface area contributed by atoms with Crippen LogP contribution in [0.5, 0.6) is 0 Å². The Balaban J connectivity index is 1.52. The summed E-state index contributed by atoms with van der Waals surface area (Å²) < 4.78 is 0. The van der Waals surface area contributed by atoms with E-state index in [0.717, 1.165) is 30.6 Å². The Morgan fingerprint density at radius 1 is 0.773 bits per heavy atom. The Labute approximate surface area is 135 Å². The quantitative estimate of drug-likeness (QED) is 0.810. The van der Waals surface area contributed by atoms with E-state index in [1.165, 1.54) is 38.5 Å². The summed E-state index contributed by atoms with van der Waals surface area (Å²) in [5.74, 6) is 2.99. The van der Waals surface area contributed by atoms with Crippen molar-refractivity contribution in [3.05, 3.63) is 0 Å². The highest BCUT2D eigenvalue weighted by molar-refractivity contribution is 5.09. The van der Waals surface area contributed by atoms with Crippen molar-refractivity contribution in [1.82, 2.24) is 10.4 Å². The van der Waals surface area contributed by atoms with Gasteiger partial charge >= 0.3 is 0 Å². The van der Waals surface area contributed by atoms with E-state index in [9.17, 15) is 5.21 Å². The summed E-state index contributed by atoms with van der Waals surface area (Å²) in [6.07, 6.45) is 10.9. The standard InChI is InChI=1S/C19H34N2O/c1-17(2)11-16(12-18(3,4)21(17)22)20-19-8-13-5-14(9-19)7-15(6-13)10-19/h13-16,20,22H,5-12H2,1-4H3. The topological polar surface area (TPSA) is 35.5 Å². The van der Waals surface area contributed by atoms with Crippen LogP contribution in [0, 0.1) is 17.8 Å². The highest BCUT2D eigenvalue weighted by Crippen LogP contribution is 2.56. The Morgan fingerprint density at radius 3 is 1.59 bits per heavy atom. The molecule has 0 atom stereocenters. The van der Waals surface area contributed by atoms with Crippen molar-refractivity contribution in [3.63, 3.8) is 0 Å². The van der Waals surface area contributed by atoms with E-state index in [1.54, 1.807) is 5.06 Å². The molecule has 0 spiro atoms. The molecule has 0 aromatic heterocycles. The molecular weight excluding hydrogens is 272 g/mol. The summed E-state index contributed by atoms with van der Waals surface area (Å²) in [7, 11) is 0. The van der Waals surface area contributed by atoms with Crippen LogP contribution in [0.2, 0.25) is 0 Å². The van der Waals surface area contributed by atoms with E-state index < -0.39 is 0 Å². The summed E-state index contributed by atoms with van der Waals surface area (Å²) >= 11 is 0. The monoisotopic (exact) mass is 306 g/mol. The summed E-state index contributed by atoms with van der Waals surface area (Å²) in [6.45, 7) is 8.73. The van der Waals surface area contributed by atoms with Crippen molar-refractivity contribution in [2.24, 2.45) is 17.8 Å². The lowest BCUT2D eigenvalue weighted by Crippen LogP contribution is -2.67. The van der Waals surface area contributed by atoms with Crippen LogP contribution in [0.3, 0.4) is 0 Å². The summed E-state index contributed by atoms with van der Waals surface area (Å²) in [5.41, 5.74) is 0.159. The molecular formula is C19H34N2O. The molecule has 0 aromatic rings. The highest BCUT2D eigenvalue weighted by Gasteiger charge is 2.53. The van der Waals surface area contributed by atoms with Crippen LogP contribution >= 0.6 is 0 Å². The average molecular weight is 306 g/mol. The fourth-order valence-corrected chi connectivity index (χ4v) is 7.09. The zero-order chi connectivity index (χ0) is 15.8. The van der Waals surface area contributed by atoms with Crippen molar-refractivity contribution < 1.29 is 5.21 Å². The van der Waals surface area contributed by atoms with Crippen molar-refractivity contribution in [2.75, 3.05) is 0 Å². The lowest BCUT2D eigenvalue weighted by molar-refractivity contribution is -0.247. The van der Waals surface area contributed by atoms with E-state index in [4.69, 9.17) is 0 Å². The van der Waals surface area contributed by atoms with Gasteiger partial charge in [0.05, 0.1) is 0 Å². The molecule has 4 aliphatic carbocycles. The van der Waals surface area contributed by atoms with Crippen LogP contribution in [0.25, 0.3) is 0 Å². The number of hydroxylamine groups is 2. The molecule has 126 valence electrons. The maximum Gasteiger partial charge on any atom is 0.0425 e. The van der Waals surface area contributed by atoms with Gasteiger partial charge in [-0.25, -0.2) is 0 Å². The van der Waals surface area contributed by atoms with Crippen LogP contribution in [0.1, 0.15) is 79.1 Å². The minimum Gasteiger partial charge on any atom is -0.313 e. The average Bonchev–Trinajstić information content (AvgIpc) is 2.32. The third-order valence-electron chi connectivity index (χ3n) is 7.19. The normalized spacial score (nSPS) is 47.0. The van der Waals surface area contributed by atoms with E-state index in [0.29, 0.717) is 11.6 Å². The van der Waals surface area contributed by atoms with Gasteiger partial charge in [-0.1, -0.05) is 0 Å². The Kier molecular flexibility index (Phi) is 3.30. The van der Waals surface area contributed by atoms with Gasteiger partial charge < -0.3 is 10.5 Å². The zero-order valence-corrected chi connectivity index (χ0v) is 14.9. The third-order valence-corrected chi connectivity index (χ3v) is 7.19. The first kappa shape index (κ1) is 15.4. The maximum absolute atomic E-state index is 10.5. The first-order valence-corrected chi connectivity index (χ1v) is 9.44. The highest BCUT2D eigenvalue weighted by atomic mass is 16.5. The molecule has 3 heteroatoms. The fraction of sp³-hybridized carbons (Fsp3) is 1.00. The van der Waals surface area contributed by atoms with Crippen LogP contribution < -0.4 is 5.32 Å². The molecule has 5 aliphatic rings. The van der Waals surface area contributed by atoms with Gasteiger partial charge in [-0.3, -0.25) is 0 Å². The second kappa shape index (κ2) is 4.70. The maximum atomic E-state index is 10.5. The fourth-order valence-electron chi connectivity index (χ4n) is 7.09. The van der Waals surface area contributed by atoms with Gasteiger partial charge in [0.25, 0.3) is 0 Å². The number of rotatable bonds is 2. The molecule has 2 N–H and O–H groups in total. The van der Waals surface area contributed by atoms with E-state index in [2.05, 4.69) is 33.0 Å². The molecule has 0 radical (unpaired) electrons. The van der Waals surface area contributed by atoms with Crippen LogP contribution in [-0.4, -0.2) is 32.9 Å². The molecule has 0 unspecified atom stereocenters. The lowest BCUT2D eigenvalue weighted by Gasteiger charge is -2.60. The second-order valence-corrected chi connectivity index (χ2v) is 10.4. The smallest absolute Gasteiger partial charge is 0.0425 e. The lowest BCUT2D eigenvalue weighted by atomic mass is 9.52. The predicted molar refractivity (Wildman–Crippen MR) is 88.8 cm³/mol. The molecule has 1 aliphatic heterocycles. The largest absolute Gasteiger partial charge is 0.313 e. The Morgan fingerprint density at radius 2 is 1.18 bits per heavy atom.